The van der Waals surface area contributed by atoms with E-state index >= 15 is 0 Å². The van der Waals surface area contributed by atoms with Crippen LogP contribution in [-0.4, -0.2) is 6.18 Å². The Morgan fingerprint density at radius 1 is 0.867 bits per heavy atom. The van der Waals surface area contributed by atoms with Gasteiger partial charge in [0.1, 0.15) is 17.5 Å². The third-order valence-electron chi connectivity index (χ3n) is 6.12. The minimum Gasteiger partial charge on any atom is -0.207 e. The number of halogens is 6. The van der Waals surface area contributed by atoms with Crippen LogP contribution in [0, 0.1) is 23.4 Å². The lowest BCUT2D eigenvalue weighted by atomic mass is 9.77. The van der Waals surface area contributed by atoms with Crippen LogP contribution in [0.25, 0.3) is 11.1 Å². The van der Waals surface area contributed by atoms with E-state index in [2.05, 4.69) is 6.92 Å². The molecule has 1 aliphatic carbocycles. The number of benzene rings is 2. The van der Waals surface area contributed by atoms with E-state index in [-0.39, 0.29) is 17.0 Å². The van der Waals surface area contributed by atoms with Gasteiger partial charge in [0.25, 0.3) is 0 Å². The highest BCUT2D eigenvalue weighted by Gasteiger charge is 2.28. The van der Waals surface area contributed by atoms with Crippen LogP contribution < -0.4 is 0 Å². The van der Waals surface area contributed by atoms with E-state index in [4.69, 9.17) is 0 Å². The number of rotatable bonds is 6. The third kappa shape index (κ3) is 5.58. The first-order chi connectivity index (χ1) is 14.2. The maximum atomic E-state index is 14.8. The van der Waals surface area contributed by atoms with Gasteiger partial charge in [-0.05, 0) is 73.3 Å². The van der Waals surface area contributed by atoms with Gasteiger partial charge in [-0.3, -0.25) is 0 Å². The van der Waals surface area contributed by atoms with Crippen LogP contribution >= 0.6 is 0 Å². The summed E-state index contributed by atoms with van der Waals surface area (Å²) in [5.41, 5.74) is 0.279. The van der Waals surface area contributed by atoms with E-state index in [1.165, 1.54) is 25.0 Å². The van der Waals surface area contributed by atoms with Crippen LogP contribution in [0.5, 0.6) is 0 Å². The zero-order chi connectivity index (χ0) is 21.9. The van der Waals surface area contributed by atoms with Gasteiger partial charge in [0.05, 0.1) is 0 Å². The molecule has 1 aliphatic rings. The van der Waals surface area contributed by atoms with Gasteiger partial charge in [-0.15, -0.1) is 0 Å². The third-order valence-corrected chi connectivity index (χ3v) is 6.12. The molecule has 0 saturated heterocycles. The lowest BCUT2D eigenvalue weighted by molar-refractivity contribution is -0.134. The van der Waals surface area contributed by atoms with Crippen molar-refractivity contribution < 1.29 is 26.3 Å². The molecule has 164 valence electrons. The first-order valence-electron chi connectivity index (χ1n) is 10.5. The van der Waals surface area contributed by atoms with Crippen molar-refractivity contribution in [3.8, 4) is 11.1 Å². The number of hydrogen-bond donors (Lipinski definition) is 0. The van der Waals surface area contributed by atoms with Gasteiger partial charge in [0.15, 0.2) is 0 Å². The standard InChI is InChI=1S/C24H26F6/c1-2-3-15-4-6-16(7-5-15)17-8-9-19(21(25)12-17)18-13-22(26)20(23(27)14-18)10-11-24(28,29)30/h8-9,12-16H,2-7,10-11H2,1H3. The molecule has 0 bridgehead atoms. The maximum absolute atomic E-state index is 14.8. The SMILES string of the molecule is CCCC1CCC(c2ccc(-c3cc(F)c(CCC(F)(F)F)c(F)c3)c(F)c2)CC1. The molecule has 0 N–H and O–H groups in total. The van der Waals surface area contributed by atoms with Crippen molar-refractivity contribution in [3.05, 3.63) is 58.9 Å². The Balaban J connectivity index is 1.77. The molecule has 2 aromatic carbocycles. The Morgan fingerprint density at radius 2 is 1.50 bits per heavy atom. The summed E-state index contributed by atoms with van der Waals surface area (Å²) >= 11 is 0. The summed E-state index contributed by atoms with van der Waals surface area (Å²) in [5, 5.41) is 0. The lowest BCUT2D eigenvalue weighted by Crippen LogP contribution is -2.13. The van der Waals surface area contributed by atoms with Crippen LogP contribution in [-0.2, 0) is 6.42 Å². The van der Waals surface area contributed by atoms with E-state index < -0.39 is 42.0 Å². The predicted octanol–water partition coefficient (Wildman–Crippen LogP) is 8.34. The summed E-state index contributed by atoms with van der Waals surface area (Å²) in [6.45, 7) is 2.18. The average molecular weight is 428 g/mol. The molecule has 0 aromatic heterocycles. The summed E-state index contributed by atoms with van der Waals surface area (Å²) in [5.74, 6) is -1.75. The van der Waals surface area contributed by atoms with Crippen LogP contribution in [0.4, 0.5) is 26.3 Å². The van der Waals surface area contributed by atoms with Crippen molar-refractivity contribution in [1.29, 1.82) is 0 Å². The van der Waals surface area contributed by atoms with Crippen LogP contribution in [0.2, 0.25) is 0 Å². The molecule has 0 radical (unpaired) electrons. The molecule has 1 fully saturated rings. The number of alkyl halides is 3. The maximum Gasteiger partial charge on any atom is 0.389 e. The monoisotopic (exact) mass is 428 g/mol. The summed E-state index contributed by atoms with van der Waals surface area (Å²) < 4.78 is 80.3. The topological polar surface area (TPSA) is 0 Å². The summed E-state index contributed by atoms with van der Waals surface area (Å²) in [6, 6.07) is 6.53. The molecule has 6 heteroatoms. The van der Waals surface area contributed by atoms with Crippen molar-refractivity contribution in [2.75, 3.05) is 0 Å². The fourth-order valence-corrected chi connectivity index (χ4v) is 4.48. The van der Waals surface area contributed by atoms with E-state index in [1.807, 2.05) is 0 Å². The van der Waals surface area contributed by atoms with Gasteiger partial charge < -0.3 is 0 Å². The van der Waals surface area contributed by atoms with Gasteiger partial charge in [-0.2, -0.15) is 13.2 Å². The van der Waals surface area contributed by atoms with Crippen LogP contribution in [0.3, 0.4) is 0 Å². The fourth-order valence-electron chi connectivity index (χ4n) is 4.48. The van der Waals surface area contributed by atoms with Crippen LogP contribution in [0.15, 0.2) is 30.3 Å². The molecular weight excluding hydrogens is 402 g/mol. The molecule has 1 saturated carbocycles. The Morgan fingerprint density at radius 3 is 2.03 bits per heavy atom. The van der Waals surface area contributed by atoms with Crippen molar-refractivity contribution >= 4 is 0 Å². The zero-order valence-corrected chi connectivity index (χ0v) is 17.0. The quantitative estimate of drug-likeness (QED) is 0.406. The molecule has 3 rings (SSSR count). The van der Waals surface area contributed by atoms with Crippen molar-refractivity contribution in [2.24, 2.45) is 5.92 Å². The summed E-state index contributed by atoms with van der Waals surface area (Å²) in [7, 11) is 0. The van der Waals surface area contributed by atoms with Gasteiger partial charge in [0.2, 0.25) is 0 Å². The van der Waals surface area contributed by atoms with Crippen molar-refractivity contribution in [3.63, 3.8) is 0 Å². The predicted molar refractivity (Wildman–Crippen MR) is 106 cm³/mol. The molecule has 2 aromatic rings. The minimum absolute atomic E-state index is 0.0172. The van der Waals surface area contributed by atoms with Crippen molar-refractivity contribution in [1.82, 2.24) is 0 Å². The molecule has 0 amide bonds. The molecule has 0 aliphatic heterocycles. The smallest absolute Gasteiger partial charge is 0.207 e. The Hall–Kier alpha value is -1.98. The highest BCUT2D eigenvalue weighted by molar-refractivity contribution is 5.65. The molecule has 0 atom stereocenters. The highest BCUT2D eigenvalue weighted by atomic mass is 19.4. The lowest BCUT2D eigenvalue weighted by Gasteiger charge is -2.28. The summed E-state index contributed by atoms with van der Waals surface area (Å²) in [4.78, 5) is 0. The second kappa shape index (κ2) is 9.44. The summed E-state index contributed by atoms with van der Waals surface area (Å²) in [6.07, 6.45) is 0.0238. The van der Waals surface area contributed by atoms with Crippen molar-refractivity contribution in [2.45, 2.75) is 70.4 Å². The van der Waals surface area contributed by atoms with Gasteiger partial charge in [-0.25, -0.2) is 13.2 Å². The van der Waals surface area contributed by atoms with E-state index in [0.717, 1.165) is 49.3 Å². The molecular formula is C24H26F6. The van der Waals surface area contributed by atoms with E-state index in [9.17, 15) is 26.3 Å². The Labute approximate surface area is 173 Å². The average Bonchev–Trinajstić information content (AvgIpc) is 2.67. The largest absolute Gasteiger partial charge is 0.389 e. The Kier molecular flexibility index (Phi) is 7.14. The molecule has 0 nitrogen and oxygen atoms in total. The fraction of sp³-hybridized carbons (Fsp3) is 0.500. The van der Waals surface area contributed by atoms with Gasteiger partial charge in [0, 0.05) is 17.5 Å². The second-order valence-electron chi connectivity index (χ2n) is 8.28. The Bertz CT molecular complexity index is 839. The first kappa shape index (κ1) is 22.7. The number of hydrogen-bond acceptors (Lipinski definition) is 0. The van der Waals surface area contributed by atoms with Crippen LogP contribution in [0.1, 0.15) is 68.9 Å². The highest BCUT2D eigenvalue weighted by Crippen LogP contribution is 2.39. The van der Waals surface area contributed by atoms with E-state index in [0.29, 0.717) is 0 Å². The second-order valence-corrected chi connectivity index (χ2v) is 8.28. The molecule has 30 heavy (non-hydrogen) atoms. The molecule has 0 spiro atoms. The van der Waals surface area contributed by atoms with E-state index in [1.54, 1.807) is 6.07 Å². The zero-order valence-electron chi connectivity index (χ0n) is 17.0. The molecule has 0 heterocycles. The first-order valence-corrected chi connectivity index (χ1v) is 10.5. The van der Waals surface area contributed by atoms with Gasteiger partial charge >= 0.3 is 6.18 Å². The molecule has 0 unspecified atom stereocenters. The normalized spacial score (nSPS) is 19.8. The van der Waals surface area contributed by atoms with Gasteiger partial charge in [-0.1, -0.05) is 31.9 Å². The minimum atomic E-state index is -4.50.